The van der Waals surface area contributed by atoms with Crippen LogP contribution in [0.1, 0.15) is 78.1 Å². The number of halogens is 1. The molecule has 28 heavy (non-hydrogen) atoms. The largest absolute Gasteiger partial charge is 0.362 e. The third kappa shape index (κ3) is 5.85. The van der Waals surface area contributed by atoms with Crippen molar-refractivity contribution in [1.82, 2.24) is 10.2 Å². The highest BCUT2D eigenvalue weighted by Gasteiger charge is 2.36. The first-order valence-electron chi connectivity index (χ1n) is 10.8. The molecule has 2 heterocycles. The SMILES string of the molecule is CC1(C)CN2C(CSC(=NC3CCCCC3)NC3CCCCC3)=CSC2=N1.Cl. The predicted octanol–water partition coefficient (Wildman–Crippen LogP) is 5.79. The molecule has 0 radical (unpaired) electrons. The summed E-state index contributed by atoms with van der Waals surface area (Å²) >= 11 is 3.70. The van der Waals surface area contributed by atoms with Gasteiger partial charge in [0, 0.05) is 24.0 Å². The molecular weight excluding hydrogens is 408 g/mol. The van der Waals surface area contributed by atoms with Gasteiger partial charge in [0.2, 0.25) is 0 Å². The number of nitrogens with zero attached hydrogens (tertiary/aromatic N) is 3. The lowest BCUT2D eigenvalue weighted by molar-refractivity contribution is 0.411. The average molecular weight is 443 g/mol. The molecule has 4 rings (SSSR count). The minimum Gasteiger partial charge on any atom is -0.362 e. The van der Waals surface area contributed by atoms with Crippen molar-refractivity contribution in [2.75, 3.05) is 12.3 Å². The van der Waals surface area contributed by atoms with Gasteiger partial charge in [-0.25, -0.2) is 0 Å². The van der Waals surface area contributed by atoms with E-state index in [2.05, 4.69) is 29.5 Å². The lowest BCUT2D eigenvalue weighted by Gasteiger charge is -2.27. The molecule has 4 aliphatic rings. The highest BCUT2D eigenvalue weighted by atomic mass is 35.5. The summed E-state index contributed by atoms with van der Waals surface area (Å²) in [5, 5.41) is 8.50. The number of amidine groups is 2. The molecule has 158 valence electrons. The molecule has 0 unspecified atom stereocenters. The number of aliphatic imine (C=N–C) groups is 2. The van der Waals surface area contributed by atoms with Crippen LogP contribution < -0.4 is 5.32 Å². The van der Waals surface area contributed by atoms with Crippen LogP contribution in [0.25, 0.3) is 0 Å². The van der Waals surface area contributed by atoms with Gasteiger partial charge in [0.15, 0.2) is 10.3 Å². The van der Waals surface area contributed by atoms with E-state index in [0.717, 1.165) is 12.3 Å². The fourth-order valence-electron chi connectivity index (χ4n) is 4.48. The van der Waals surface area contributed by atoms with Crippen LogP contribution in [0, 0.1) is 0 Å². The minimum atomic E-state index is 0. The maximum absolute atomic E-state index is 5.19. The summed E-state index contributed by atoms with van der Waals surface area (Å²) in [5.74, 6) is 0.993. The first-order valence-corrected chi connectivity index (χ1v) is 12.7. The number of fused-ring (bicyclic) bond motifs is 1. The monoisotopic (exact) mass is 442 g/mol. The molecule has 0 saturated heterocycles. The van der Waals surface area contributed by atoms with Gasteiger partial charge in [-0.2, -0.15) is 0 Å². The predicted molar refractivity (Wildman–Crippen MR) is 128 cm³/mol. The van der Waals surface area contributed by atoms with E-state index in [-0.39, 0.29) is 17.9 Å². The summed E-state index contributed by atoms with van der Waals surface area (Å²) in [7, 11) is 0. The molecule has 0 spiro atoms. The Hall–Kier alpha value is -0.330. The molecule has 0 atom stereocenters. The van der Waals surface area contributed by atoms with Gasteiger partial charge < -0.3 is 10.2 Å². The highest BCUT2D eigenvalue weighted by molar-refractivity contribution is 8.17. The second-order valence-corrected chi connectivity index (χ2v) is 10.8. The number of rotatable bonds is 4. The topological polar surface area (TPSA) is 40.0 Å². The Morgan fingerprint density at radius 2 is 1.86 bits per heavy atom. The van der Waals surface area contributed by atoms with E-state index in [0.29, 0.717) is 12.1 Å². The van der Waals surface area contributed by atoms with Gasteiger partial charge in [-0.05, 0) is 44.9 Å². The molecule has 4 nitrogen and oxygen atoms in total. The zero-order chi connectivity index (χ0) is 18.7. The molecule has 0 aromatic carbocycles. The van der Waals surface area contributed by atoms with Crippen LogP contribution in [0.15, 0.2) is 21.1 Å². The van der Waals surface area contributed by atoms with Crippen LogP contribution in [0.2, 0.25) is 0 Å². The van der Waals surface area contributed by atoms with Crippen LogP contribution in [0.3, 0.4) is 0 Å². The first kappa shape index (κ1) is 22.4. The smallest absolute Gasteiger partial charge is 0.168 e. The molecule has 0 aromatic heterocycles. The molecular formula is C21H35ClN4S2. The second-order valence-electron chi connectivity index (χ2n) is 9.01. The van der Waals surface area contributed by atoms with Crippen molar-refractivity contribution in [2.24, 2.45) is 9.98 Å². The minimum absolute atomic E-state index is 0. The Morgan fingerprint density at radius 3 is 2.57 bits per heavy atom. The molecule has 1 N–H and O–H groups in total. The van der Waals surface area contributed by atoms with E-state index in [1.165, 1.54) is 80.2 Å². The third-order valence-electron chi connectivity index (χ3n) is 5.99. The summed E-state index contributed by atoms with van der Waals surface area (Å²) in [5.41, 5.74) is 1.45. The fourth-order valence-corrected chi connectivity index (χ4v) is 6.64. The van der Waals surface area contributed by atoms with E-state index >= 15 is 0 Å². The van der Waals surface area contributed by atoms with Gasteiger partial charge in [-0.1, -0.05) is 62.0 Å². The highest BCUT2D eigenvalue weighted by Crippen LogP contribution is 2.36. The van der Waals surface area contributed by atoms with Crippen molar-refractivity contribution in [2.45, 2.75) is 95.7 Å². The number of nitrogens with one attached hydrogen (secondary N) is 1. The van der Waals surface area contributed by atoms with Gasteiger partial charge in [-0.3, -0.25) is 9.98 Å². The Labute approximate surface area is 185 Å². The Balaban J connectivity index is 0.00000225. The molecule has 2 fully saturated rings. The van der Waals surface area contributed by atoms with Crippen LogP contribution in [0.5, 0.6) is 0 Å². The summed E-state index contributed by atoms with van der Waals surface area (Å²) in [4.78, 5) is 12.4. The second kappa shape index (κ2) is 10.1. The molecule has 0 amide bonds. The molecule has 7 heteroatoms. The lowest BCUT2D eigenvalue weighted by Crippen LogP contribution is -2.36. The van der Waals surface area contributed by atoms with E-state index < -0.39 is 0 Å². The van der Waals surface area contributed by atoms with Crippen LogP contribution in [-0.4, -0.2) is 45.2 Å². The Bertz CT molecular complexity index is 620. The van der Waals surface area contributed by atoms with Crippen molar-refractivity contribution >= 4 is 46.3 Å². The van der Waals surface area contributed by atoms with Gasteiger partial charge in [0.1, 0.15) is 0 Å². The van der Waals surface area contributed by atoms with Crippen LogP contribution in [0.4, 0.5) is 0 Å². The molecule has 0 bridgehead atoms. The van der Waals surface area contributed by atoms with Crippen molar-refractivity contribution in [3.63, 3.8) is 0 Å². The normalized spacial score (nSPS) is 25.8. The zero-order valence-corrected chi connectivity index (χ0v) is 19.7. The lowest BCUT2D eigenvalue weighted by atomic mass is 9.95. The Morgan fingerprint density at radius 1 is 1.18 bits per heavy atom. The molecule has 2 aliphatic carbocycles. The third-order valence-corrected chi connectivity index (χ3v) is 7.83. The molecule has 2 saturated carbocycles. The van der Waals surface area contributed by atoms with E-state index in [1.807, 2.05) is 11.8 Å². The number of hydrogen-bond donors (Lipinski definition) is 1. The van der Waals surface area contributed by atoms with Gasteiger partial charge in [0.05, 0.1) is 11.6 Å². The summed E-state index contributed by atoms with van der Waals surface area (Å²) < 4.78 is 0. The fraction of sp³-hybridized carbons (Fsp3) is 0.810. The van der Waals surface area contributed by atoms with Gasteiger partial charge in [0.25, 0.3) is 0 Å². The van der Waals surface area contributed by atoms with Crippen LogP contribution in [-0.2, 0) is 0 Å². The van der Waals surface area contributed by atoms with E-state index in [4.69, 9.17) is 9.98 Å². The van der Waals surface area contributed by atoms with E-state index in [1.54, 1.807) is 11.8 Å². The maximum Gasteiger partial charge on any atom is 0.168 e. The van der Waals surface area contributed by atoms with Crippen molar-refractivity contribution < 1.29 is 0 Å². The Kier molecular flexibility index (Phi) is 8.08. The number of hydrogen-bond acceptors (Lipinski definition) is 5. The molecule has 2 aliphatic heterocycles. The van der Waals surface area contributed by atoms with Gasteiger partial charge in [-0.15, -0.1) is 12.4 Å². The van der Waals surface area contributed by atoms with Gasteiger partial charge >= 0.3 is 0 Å². The quantitative estimate of drug-likeness (QED) is 0.441. The number of thioether (sulfide) groups is 2. The van der Waals surface area contributed by atoms with Crippen molar-refractivity contribution in [3.8, 4) is 0 Å². The first-order chi connectivity index (χ1) is 13.1. The van der Waals surface area contributed by atoms with Crippen LogP contribution >= 0.6 is 35.9 Å². The van der Waals surface area contributed by atoms with E-state index in [9.17, 15) is 0 Å². The summed E-state index contributed by atoms with van der Waals surface area (Å²) in [6.45, 7) is 5.46. The summed E-state index contributed by atoms with van der Waals surface area (Å²) in [6.07, 6.45) is 13.4. The summed E-state index contributed by atoms with van der Waals surface area (Å²) in [6, 6.07) is 1.16. The standard InChI is InChI=1S/C21H34N4S2.ClH/c1-21(2)15-25-18(14-27-20(25)24-21)13-26-19(22-16-9-5-3-6-10-16)23-17-11-7-4-8-12-17;/h14,16-17H,3-13,15H2,1-2H3,(H,22,23);1H. The molecule has 0 aromatic rings. The van der Waals surface area contributed by atoms with Crippen molar-refractivity contribution in [3.05, 3.63) is 11.1 Å². The zero-order valence-electron chi connectivity index (χ0n) is 17.3. The average Bonchev–Trinajstić information content (AvgIpc) is 3.16. The maximum atomic E-state index is 5.19. The van der Waals surface area contributed by atoms with Crippen molar-refractivity contribution in [1.29, 1.82) is 0 Å².